The number of carbonyl (C=O) groups excluding carboxylic acids is 1. The minimum Gasteiger partial charge on any atom is -0.457 e. The maximum atomic E-state index is 11.2. The minimum atomic E-state index is -1.32. The van der Waals surface area contributed by atoms with Crippen LogP contribution in [0.1, 0.15) is 12.8 Å². The van der Waals surface area contributed by atoms with Gasteiger partial charge in [-0.05, 0) is 0 Å². The van der Waals surface area contributed by atoms with Crippen LogP contribution in [0.15, 0.2) is 0 Å². The molecule has 2 aliphatic heterocycles. The number of hydrogen-bond acceptors (Lipinski definition) is 5. The number of aliphatic hydroxyl groups is 1. The Morgan fingerprint density at radius 2 is 2.08 bits per heavy atom. The first kappa shape index (κ1) is 7.73. The second kappa shape index (κ2) is 2.23. The summed E-state index contributed by atoms with van der Waals surface area (Å²) in [5, 5.41) is 9.83. The lowest BCUT2D eigenvalue weighted by molar-refractivity contribution is -0.156. The highest BCUT2D eigenvalue weighted by Gasteiger charge is 2.60. The predicted octanol–water partition coefficient (Wildman–Crippen LogP) is -0.822. The zero-order chi connectivity index (χ0) is 9.05. The minimum absolute atomic E-state index is 0.174. The molecule has 1 aliphatic carbocycles. The zero-order valence-corrected chi connectivity index (χ0v) is 6.93. The van der Waals surface area contributed by atoms with Gasteiger partial charge in [-0.2, -0.15) is 0 Å². The summed E-state index contributed by atoms with van der Waals surface area (Å²) < 4.78 is 15.5. The highest BCUT2D eigenvalue weighted by molar-refractivity contribution is 5.82. The first-order valence-electron chi connectivity index (χ1n) is 4.36. The molecule has 13 heavy (non-hydrogen) atoms. The fourth-order valence-electron chi connectivity index (χ4n) is 2.32. The summed E-state index contributed by atoms with van der Waals surface area (Å²) in [6.45, 7) is 0.236. The summed E-state index contributed by atoms with van der Waals surface area (Å²) in [6.07, 6.45) is -0.0377. The van der Waals surface area contributed by atoms with E-state index in [1.165, 1.54) is 0 Å². The molecule has 1 N–H and O–H groups in total. The van der Waals surface area contributed by atoms with Crippen LogP contribution in [-0.4, -0.2) is 41.8 Å². The summed E-state index contributed by atoms with van der Waals surface area (Å²) in [4.78, 5) is 11.2. The molecule has 0 aromatic heterocycles. The average molecular weight is 186 g/mol. The molecule has 0 amide bonds. The van der Waals surface area contributed by atoms with Crippen LogP contribution in [0.4, 0.5) is 0 Å². The number of esters is 1. The Kier molecular flexibility index (Phi) is 1.33. The van der Waals surface area contributed by atoms with E-state index in [1.807, 2.05) is 0 Å². The second-order valence-corrected chi connectivity index (χ2v) is 3.84. The fourth-order valence-corrected chi connectivity index (χ4v) is 2.32. The highest BCUT2D eigenvalue weighted by Crippen LogP contribution is 2.42. The monoisotopic (exact) mass is 186 g/mol. The third kappa shape index (κ3) is 0.892. The predicted molar refractivity (Wildman–Crippen MR) is 38.7 cm³/mol. The van der Waals surface area contributed by atoms with Gasteiger partial charge in [0.05, 0.1) is 6.10 Å². The molecular formula is C8H10O5. The van der Waals surface area contributed by atoms with E-state index in [-0.39, 0.29) is 25.1 Å². The molecule has 72 valence electrons. The van der Waals surface area contributed by atoms with Gasteiger partial charge in [0.15, 0.2) is 5.60 Å². The van der Waals surface area contributed by atoms with Gasteiger partial charge in [0.25, 0.3) is 0 Å². The van der Waals surface area contributed by atoms with Crippen LogP contribution < -0.4 is 0 Å². The van der Waals surface area contributed by atoms with Gasteiger partial charge >= 0.3 is 5.97 Å². The Hall–Kier alpha value is -0.650. The van der Waals surface area contributed by atoms with Crippen molar-refractivity contribution < 1.29 is 24.1 Å². The van der Waals surface area contributed by atoms with Crippen molar-refractivity contribution in [3.63, 3.8) is 0 Å². The van der Waals surface area contributed by atoms with Gasteiger partial charge in [-0.25, -0.2) is 4.79 Å². The highest BCUT2D eigenvalue weighted by atomic mass is 16.7. The van der Waals surface area contributed by atoms with E-state index in [4.69, 9.17) is 14.2 Å². The lowest BCUT2D eigenvalue weighted by atomic mass is 9.82. The first-order valence-corrected chi connectivity index (χ1v) is 4.36. The quantitative estimate of drug-likeness (QED) is 0.500. The van der Waals surface area contributed by atoms with Crippen LogP contribution in [-0.2, 0) is 19.0 Å². The molecule has 2 heterocycles. The summed E-state index contributed by atoms with van der Waals surface area (Å²) in [5.41, 5.74) is -1.32. The van der Waals surface area contributed by atoms with Crippen LogP contribution in [0.2, 0.25) is 0 Å². The summed E-state index contributed by atoms with van der Waals surface area (Å²) in [6, 6.07) is 0. The lowest BCUT2D eigenvalue weighted by Gasteiger charge is -2.29. The molecule has 0 spiro atoms. The van der Waals surface area contributed by atoms with E-state index in [0.717, 1.165) is 0 Å². The van der Waals surface area contributed by atoms with Gasteiger partial charge in [0.2, 0.25) is 0 Å². The normalized spacial score (nSPS) is 53.3. The van der Waals surface area contributed by atoms with E-state index in [9.17, 15) is 9.90 Å². The molecular weight excluding hydrogens is 176 g/mol. The Labute approximate surface area is 74.6 Å². The third-order valence-corrected chi connectivity index (χ3v) is 2.99. The number of hydrogen-bond donors (Lipinski definition) is 1. The molecule has 0 aromatic rings. The van der Waals surface area contributed by atoms with E-state index >= 15 is 0 Å². The topological polar surface area (TPSA) is 65.0 Å². The Bertz CT molecular complexity index is 265. The standard InChI is InChI=1S/C8H10O5/c9-7-8(10)1-4-6(12-3-11-4)5(2-8)13-7/h4-6,10H,1-3H2/t4-,5-,6-,8+/m0/s1. The maximum absolute atomic E-state index is 11.2. The van der Waals surface area contributed by atoms with Crippen LogP contribution in [0.25, 0.3) is 0 Å². The molecule has 0 unspecified atom stereocenters. The fraction of sp³-hybridized carbons (Fsp3) is 0.875. The third-order valence-electron chi connectivity index (χ3n) is 2.99. The van der Waals surface area contributed by atoms with Crippen molar-refractivity contribution in [1.29, 1.82) is 0 Å². The van der Waals surface area contributed by atoms with E-state index in [0.29, 0.717) is 12.8 Å². The number of fused-ring (bicyclic) bond motifs is 4. The molecule has 1 saturated carbocycles. The van der Waals surface area contributed by atoms with E-state index < -0.39 is 11.6 Å². The number of ether oxygens (including phenoxy) is 3. The molecule has 5 heteroatoms. The molecule has 0 radical (unpaired) electrons. The Morgan fingerprint density at radius 1 is 1.31 bits per heavy atom. The molecule has 3 aliphatic rings. The van der Waals surface area contributed by atoms with Crippen LogP contribution in [0.3, 0.4) is 0 Å². The SMILES string of the molecule is O=C1O[C@H]2C[C@]1(O)C[C@@H]1OCO[C@@H]12. The van der Waals surface area contributed by atoms with Gasteiger partial charge in [-0.1, -0.05) is 0 Å². The molecule has 3 rings (SSSR count). The van der Waals surface area contributed by atoms with Crippen molar-refractivity contribution in [2.45, 2.75) is 36.8 Å². The molecule has 2 bridgehead atoms. The van der Waals surface area contributed by atoms with Gasteiger partial charge in [-0.3, -0.25) is 0 Å². The molecule has 3 fully saturated rings. The van der Waals surface area contributed by atoms with E-state index in [1.54, 1.807) is 0 Å². The zero-order valence-electron chi connectivity index (χ0n) is 6.93. The van der Waals surface area contributed by atoms with Gasteiger partial charge in [0, 0.05) is 12.8 Å². The van der Waals surface area contributed by atoms with Crippen molar-refractivity contribution in [1.82, 2.24) is 0 Å². The van der Waals surface area contributed by atoms with Gasteiger partial charge in [0.1, 0.15) is 19.0 Å². The first-order chi connectivity index (χ1) is 6.19. The Morgan fingerprint density at radius 3 is 2.92 bits per heavy atom. The summed E-state index contributed by atoms with van der Waals surface area (Å²) >= 11 is 0. The number of rotatable bonds is 0. The smallest absolute Gasteiger partial charge is 0.338 e. The van der Waals surface area contributed by atoms with Crippen molar-refractivity contribution in [3.05, 3.63) is 0 Å². The maximum Gasteiger partial charge on any atom is 0.338 e. The van der Waals surface area contributed by atoms with Gasteiger partial charge < -0.3 is 19.3 Å². The lowest BCUT2D eigenvalue weighted by Crippen LogP contribution is -2.47. The average Bonchev–Trinajstić information content (AvgIpc) is 2.58. The molecule has 4 atom stereocenters. The van der Waals surface area contributed by atoms with Crippen LogP contribution >= 0.6 is 0 Å². The van der Waals surface area contributed by atoms with Crippen LogP contribution in [0.5, 0.6) is 0 Å². The van der Waals surface area contributed by atoms with Crippen molar-refractivity contribution in [2.75, 3.05) is 6.79 Å². The largest absolute Gasteiger partial charge is 0.457 e. The van der Waals surface area contributed by atoms with Crippen molar-refractivity contribution in [2.24, 2.45) is 0 Å². The molecule has 5 nitrogen and oxygen atoms in total. The molecule has 0 aromatic carbocycles. The second-order valence-electron chi connectivity index (χ2n) is 3.84. The molecule has 2 saturated heterocycles. The number of carbonyl (C=O) groups is 1. The van der Waals surface area contributed by atoms with Crippen molar-refractivity contribution >= 4 is 5.97 Å². The van der Waals surface area contributed by atoms with Crippen LogP contribution in [0, 0.1) is 0 Å². The summed E-state index contributed by atoms with van der Waals surface area (Å²) in [5.74, 6) is -0.529. The van der Waals surface area contributed by atoms with E-state index in [2.05, 4.69) is 0 Å². The van der Waals surface area contributed by atoms with Crippen molar-refractivity contribution in [3.8, 4) is 0 Å². The van der Waals surface area contributed by atoms with Gasteiger partial charge in [-0.15, -0.1) is 0 Å². The summed E-state index contributed by atoms with van der Waals surface area (Å²) in [7, 11) is 0. The Balaban J connectivity index is 1.94.